The van der Waals surface area contributed by atoms with E-state index in [0.717, 1.165) is 22.6 Å². The van der Waals surface area contributed by atoms with Gasteiger partial charge in [-0.1, -0.05) is 12.1 Å². The molecular weight excluding hydrogens is 184 g/mol. The lowest BCUT2D eigenvalue weighted by Crippen LogP contribution is -1.99. The molecule has 3 rings (SSSR count). The normalized spacial score (nSPS) is 17.3. The van der Waals surface area contributed by atoms with Crippen LogP contribution in [0.5, 0.6) is 0 Å². The number of rotatable bonds is 1. The number of aromatic nitrogens is 2. The van der Waals surface area contributed by atoms with Crippen LogP contribution in [0, 0.1) is 31.6 Å². The van der Waals surface area contributed by atoms with Crippen LogP contribution in [0.15, 0.2) is 30.5 Å². The molecule has 1 aromatic carbocycles. The average molecular weight is 193 g/mol. The first kappa shape index (κ1) is 8.84. The summed E-state index contributed by atoms with van der Waals surface area (Å²) in [5.41, 5.74) is 2.81. The third kappa shape index (κ3) is 1.60. The molecule has 1 aliphatic carbocycles. The first-order valence-corrected chi connectivity index (χ1v) is 4.87. The van der Waals surface area contributed by atoms with Crippen molar-refractivity contribution < 1.29 is 0 Å². The molecule has 0 bridgehead atoms. The van der Waals surface area contributed by atoms with Crippen LogP contribution in [0.2, 0.25) is 0 Å². The summed E-state index contributed by atoms with van der Waals surface area (Å²) in [7, 11) is 0. The summed E-state index contributed by atoms with van der Waals surface area (Å²) in [4.78, 5) is 8.93. The Bertz CT molecular complexity index is 473. The van der Waals surface area contributed by atoms with Gasteiger partial charge in [-0.25, -0.2) is 4.98 Å². The van der Waals surface area contributed by atoms with Gasteiger partial charge in [0.15, 0.2) is 0 Å². The second-order valence-electron chi connectivity index (χ2n) is 3.42. The first-order valence-electron chi connectivity index (χ1n) is 4.87. The van der Waals surface area contributed by atoms with Crippen molar-refractivity contribution in [2.24, 2.45) is 0 Å². The van der Waals surface area contributed by atoms with E-state index >= 15 is 0 Å². The summed E-state index contributed by atoms with van der Waals surface area (Å²) in [6, 6.07) is 7.90. The predicted molar refractivity (Wildman–Crippen MR) is 59.1 cm³/mol. The molecule has 0 unspecified atom stereocenters. The number of hydrogen-bond acceptors (Lipinski definition) is 2. The highest BCUT2D eigenvalue weighted by atomic mass is 14.8. The van der Waals surface area contributed by atoms with Gasteiger partial charge in [-0.15, -0.1) is 0 Å². The quantitative estimate of drug-likeness (QED) is 0.695. The fourth-order valence-electron chi connectivity index (χ4n) is 1.64. The zero-order valence-corrected chi connectivity index (χ0v) is 8.09. The molecule has 1 aliphatic rings. The molecule has 1 saturated carbocycles. The lowest BCUT2D eigenvalue weighted by Gasteiger charge is -2.06. The maximum atomic E-state index is 4.56. The Morgan fingerprint density at radius 3 is 2.40 bits per heavy atom. The number of para-hydroxylation sites is 2. The van der Waals surface area contributed by atoms with Gasteiger partial charge in [0.2, 0.25) is 0 Å². The second kappa shape index (κ2) is 3.61. The molecule has 2 aromatic rings. The minimum absolute atomic E-state index is 0.929. The number of benzene rings is 1. The fraction of sp³-hybridized carbons (Fsp3) is 0. The molecule has 5 radical (unpaired) electrons. The zero-order valence-electron chi connectivity index (χ0n) is 8.09. The van der Waals surface area contributed by atoms with Crippen LogP contribution in [0.25, 0.3) is 11.0 Å². The molecule has 71 valence electrons. The summed E-state index contributed by atoms with van der Waals surface area (Å²) < 4.78 is 0. The van der Waals surface area contributed by atoms with Crippen LogP contribution < -0.4 is 0 Å². The molecule has 1 heterocycles. The standard InChI is InChI=1S/C13H9N2/c1-2-6-10(5-1)13-9-14-11-7-3-4-8-12(11)15-13/h1-9H. The van der Waals surface area contributed by atoms with Crippen LogP contribution in [-0.2, 0) is 0 Å². The highest BCUT2D eigenvalue weighted by molar-refractivity contribution is 5.74. The first-order chi connectivity index (χ1) is 7.43. The van der Waals surface area contributed by atoms with Crippen LogP contribution >= 0.6 is 0 Å². The molecule has 0 spiro atoms. The van der Waals surface area contributed by atoms with Gasteiger partial charge in [-0.2, -0.15) is 0 Å². The van der Waals surface area contributed by atoms with Crippen LogP contribution in [0.4, 0.5) is 0 Å². The van der Waals surface area contributed by atoms with Crippen molar-refractivity contribution in [3.8, 4) is 0 Å². The molecule has 1 aromatic heterocycles. The van der Waals surface area contributed by atoms with E-state index in [-0.39, 0.29) is 0 Å². The van der Waals surface area contributed by atoms with Crippen molar-refractivity contribution in [1.82, 2.24) is 9.97 Å². The molecule has 1 fully saturated rings. The summed E-state index contributed by atoms with van der Waals surface area (Å²) >= 11 is 0. The van der Waals surface area contributed by atoms with Gasteiger partial charge < -0.3 is 0 Å². The molecule has 0 saturated heterocycles. The second-order valence-corrected chi connectivity index (χ2v) is 3.42. The largest absolute Gasteiger partial charge is 0.253 e. The molecule has 0 amide bonds. The number of hydrogen-bond donors (Lipinski definition) is 0. The summed E-state index contributed by atoms with van der Waals surface area (Å²) in [5.74, 6) is 1.12. The Morgan fingerprint density at radius 1 is 0.867 bits per heavy atom. The smallest absolute Gasteiger partial charge is 0.0890 e. The minimum atomic E-state index is 0.929. The molecule has 15 heavy (non-hydrogen) atoms. The van der Waals surface area contributed by atoms with E-state index in [4.69, 9.17) is 0 Å². The van der Waals surface area contributed by atoms with Gasteiger partial charge in [-0.05, 0) is 37.8 Å². The number of nitrogens with zero attached hydrogens (tertiary/aromatic N) is 2. The average Bonchev–Trinajstić information content (AvgIpc) is 2.82. The van der Waals surface area contributed by atoms with Crippen molar-refractivity contribution in [2.45, 2.75) is 0 Å². The Kier molecular flexibility index (Phi) is 2.13. The van der Waals surface area contributed by atoms with Crippen molar-refractivity contribution in [3.05, 3.63) is 67.8 Å². The third-order valence-electron chi connectivity index (χ3n) is 2.41. The molecule has 2 nitrogen and oxygen atoms in total. The Balaban J connectivity index is 2.05. The van der Waals surface area contributed by atoms with E-state index in [1.165, 1.54) is 0 Å². The van der Waals surface area contributed by atoms with Gasteiger partial charge in [0.25, 0.3) is 0 Å². The summed E-state index contributed by atoms with van der Waals surface area (Å²) in [6.07, 6.45) is 9.91. The van der Waals surface area contributed by atoms with Crippen molar-refractivity contribution in [2.75, 3.05) is 0 Å². The molecule has 0 aliphatic heterocycles. The van der Waals surface area contributed by atoms with Crippen molar-refractivity contribution in [3.63, 3.8) is 0 Å². The van der Waals surface area contributed by atoms with Gasteiger partial charge in [0.1, 0.15) is 0 Å². The van der Waals surface area contributed by atoms with Crippen molar-refractivity contribution in [1.29, 1.82) is 0 Å². The lowest BCUT2D eigenvalue weighted by atomic mass is 10.0. The van der Waals surface area contributed by atoms with E-state index in [1.54, 1.807) is 0 Å². The minimum Gasteiger partial charge on any atom is -0.253 e. The highest BCUT2D eigenvalue weighted by Gasteiger charge is 2.20. The van der Waals surface area contributed by atoms with Crippen LogP contribution in [0.1, 0.15) is 5.69 Å². The maximum absolute atomic E-state index is 4.56. The van der Waals surface area contributed by atoms with E-state index in [2.05, 4.69) is 9.97 Å². The van der Waals surface area contributed by atoms with Crippen LogP contribution in [0.3, 0.4) is 0 Å². The lowest BCUT2D eigenvalue weighted by molar-refractivity contribution is 1.13. The monoisotopic (exact) mass is 193 g/mol. The van der Waals surface area contributed by atoms with E-state index in [0.29, 0.717) is 0 Å². The van der Waals surface area contributed by atoms with Gasteiger partial charge in [0.05, 0.1) is 16.7 Å². The molecule has 2 heteroatoms. The van der Waals surface area contributed by atoms with Gasteiger partial charge in [-0.3, -0.25) is 4.98 Å². The topological polar surface area (TPSA) is 25.8 Å². The fourth-order valence-corrected chi connectivity index (χ4v) is 1.64. The van der Waals surface area contributed by atoms with E-state index < -0.39 is 0 Å². The zero-order chi connectivity index (χ0) is 10.1. The Hall–Kier alpha value is -1.44. The highest BCUT2D eigenvalue weighted by Crippen LogP contribution is 2.28. The Labute approximate surface area is 89.4 Å². The van der Waals surface area contributed by atoms with Crippen LogP contribution in [-0.4, -0.2) is 9.97 Å². The third-order valence-corrected chi connectivity index (χ3v) is 2.41. The SMILES string of the molecule is [CH]1[CH][CH][C](c2cnc3ccccc3n2)[CH]1. The Morgan fingerprint density at radius 2 is 1.60 bits per heavy atom. The van der Waals surface area contributed by atoms with E-state index in [9.17, 15) is 0 Å². The summed E-state index contributed by atoms with van der Waals surface area (Å²) in [6.45, 7) is 0. The molecule has 0 N–H and O–H groups in total. The maximum Gasteiger partial charge on any atom is 0.0890 e. The van der Waals surface area contributed by atoms with Gasteiger partial charge >= 0.3 is 0 Å². The van der Waals surface area contributed by atoms with Gasteiger partial charge in [0, 0.05) is 12.1 Å². The number of fused-ring (bicyclic) bond motifs is 1. The molecule has 0 atom stereocenters. The van der Waals surface area contributed by atoms with Crippen molar-refractivity contribution >= 4 is 11.0 Å². The summed E-state index contributed by atoms with van der Waals surface area (Å²) in [5, 5.41) is 0. The molecular formula is C13H9N2. The predicted octanol–water partition coefficient (Wildman–Crippen LogP) is 2.38. The van der Waals surface area contributed by atoms with E-state index in [1.807, 2.05) is 56.1 Å².